The van der Waals surface area contributed by atoms with Gasteiger partial charge in [-0.15, -0.1) is 0 Å². The number of hydrogen-bond donors (Lipinski definition) is 3. The van der Waals surface area contributed by atoms with Crippen LogP contribution in [-0.2, 0) is 10.8 Å². The van der Waals surface area contributed by atoms with E-state index in [2.05, 4.69) is 10.2 Å². The summed E-state index contributed by atoms with van der Waals surface area (Å²) in [5.41, 5.74) is 1.67. The Morgan fingerprint density at radius 2 is 1.96 bits per heavy atom. The normalized spacial score (nSPS) is 13.3. The molecule has 0 aliphatic carbocycles. The maximum absolute atomic E-state index is 11.6. The number of hydrogen-bond acceptors (Lipinski definition) is 5. The molecule has 27 heavy (non-hydrogen) atoms. The molecule has 0 radical (unpaired) electrons. The van der Waals surface area contributed by atoms with Crippen LogP contribution in [0.1, 0.15) is 24.5 Å². The summed E-state index contributed by atoms with van der Waals surface area (Å²) < 4.78 is 11.6. The first-order valence-corrected chi connectivity index (χ1v) is 10.8. The first-order valence-electron chi connectivity index (χ1n) is 8.91. The van der Waals surface area contributed by atoms with Gasteiger partial charge in [0.2, 0.25) is 0 Å². The van der Waals surface area contributed by atoms with Crippen molar-refractivity contribution in [3.05, 3.63) is 53.1 Å². The summed E-state index contributed by atoms with van der Waals surface area (Å²) in [5, 5.41) is 24.0. The molecule has 0 aliphatic heterocycles. The molecule has 2 aromatic rings. The SMILES string of the molecule is CN(CCCCNCC(O)c1ccc(O)c(S(C)=O)c1)c1ccccc1Cl. The lowest BCUT2D eigenvalue weighted by Gasteiger charge is -2.20. The van der Waals surface area contributed by atoms with Gasteiger partial charge in [-0.25, -0.2) is 0 Å². The molecular formula is C20H27ClN2O3S. The van der Waals surface area contributed by atoms with E-state index in [1.165, 1.54) is 12.3 Å². The molecule has 0 aromatic heterocycles. The molecule has 3 N–H and O–H groups in total. The maximum Gasteiger partial charge on any atom is 0.131 e. The summed E-state index contributed by atoms with van der Waals surface area (Å²) in [6, 6.07) is 12.5. The van der Waals surface area contributed by atoms with Crippen LogP contribution in [0.5, 0.6) is 5.75 Å². The fraction of sp³-hybridized carbons (Fsp3) is 0.400. The maximum atomic E-state index is 11.6. The van der Waals surface area contributed by atoms with E-state index in [1.807, 2.05) is 31.3 Å². The molecule has 5 nitrogen and oxygen atoms in total. The topological polar surface area (TPSA) is 72.8 Å². The predicted octanol–water partition coefficient (Wildman–Crippen LogP) is 3.32. The largest absolute Gasteiger partial charge is 0.507 e. The summed E-state index contributed by atoms with van der Waals surface area (Å²) in [6.45, 7) is 2.09. The number of rotatable bonds is 10. The average Bonchev–Trinajstić information content (AvgIpc) is 2.64. The fourth-order valence-corrected chi connectivity index (χ4v) is 3.75. The van der Waals surface area contributed by atoms with Crippen LogP contribution >= 0.6 is 11.6 Å². The van der Waals surface area contributed by atoms with Gasteiger partial charge in [0.1, 0.15) is 5.75 Å². The van der Waals surface area contributed by atoms with Crippen LogP contribution in [0.15, 0.2) is 47.4 Å². The Balaban J connectivity index is 1.70. The second kappa shape index (κ2) is 10.7. The zero-order chi connectivity index (χ0) is 19.8. The van der Waals surface area contributed by atoms with Crippen LogP contribution in [0.25, 0.3) is 0 Å². The Kier molecular flexibility index (Phi) is 8.57. The summed E-state index contributed by atoms with van der Waals surface area (Å²) in [6.07, 6.45) is 2.77. The van der Waals surface area contributed by atoms with E-state index in [0.29, 0.717) is 17.0 Å². The van der Waals surface area contributed by atoms with Crippen molar-refractivity contribution < 1.29 is 14.4 Å². The van der Waals surface area contributed by atoms with Crippen molar-refractivity contribution in [2.24, 2.45) is 0 Å². The highest BCUT2D eigenvalue weighted by Gasteiger charge is 2.12. The number of unbranched alkanes of at least 4 members (excludes halogenated alkanes) is 1. The van der Waals surface area contributed by atoms with Crippen molar-refractivity contribution in [3.8, 4) is 5.75 Å². The van der Waals surface area contributed by atoms with Crippen LogP contribution in [-0.4, -0.2) is 47.4 Å². The number of benzene rings is 2. The smallest absolute Gasteiger partial charge is 0.131 e. The van der Waals surface area contributed by atoms with Gasteiger partial charge in [0.05, 0.1) is 32.5 Å². The van der Waals surface area contributed by atoms with Gasteiger partial charge in [-0.2, -0.15) is 0 Å². The van der Waals surface area contributed by atoms with Crippen molar-refractivity contribution in [2.75, 3.05) is 37.8 Å². The number of aliphatic hydroxyl groups excluding tert-OH is 1. The molecule has 0 bridgehead atoms. The van der Waals surface area contributed by atoms with Crippen LogP contribution in [0.4, 0.5) is 5.69 Å². The number of anilines is 1. The fourth-order valence-electron chi connectivity index (χ4n) is 2.81. The van der Waals surface area contributed by atoms with Crippen LogP contribution in [0.3, 0.4) is 0 Å². The summed E-state index contributed by atoms with van der Waals surface area (Å²) in [5.74, 6) is -0.0117. The van der Waals surface area contributed by atoms with E-state index in [9.17, 15) is 14.4 Å². The Morgan fingerprint density at radius 1 is 1.22 bits per heavy atom. The van der Waals surface area contributed by atoms with Gasteiger partial charge in [-0.3, -0.25) is 4.21 Å². The van der Waals surface area contributed by atoms with E-state index < -0.39 is 16.9 Å². The molecule has 2 unspecified atom stereocenters. The average molecular weight is 411 g/mol. The molecule has 2 rings (SSSR count). The van der Waals surface area contributed by atoms with Crippen LogP contribution in [0, 0.1) is 0 Å². The molecule has 7 heteroatoms. The highest BCUT2D eigenvalue weighted by atomic mass is 35.5. The van der Waals surface area contributed by atoms with E-state index in [0.717, 1.165) is 36.6 Å². The van der Waals surface area contributed by atoms with Gasteiger partial charge in [-0.05, 0) is 49.2 Å². The monoisotopic (exact) mass is 410 g/mol. The lowest BCUT2D eigenvalue weighted by Crippen LogP contribution is -2.24. The van der Waals surface area contributed by atoms with E-state index in [4.69, 9.17) is 11.6 Å². The number of aromatic hydroxyl groups is 1. The minimum atomic E-state index is -1.30. The van der Waals surface area contributed by atoms with Gasteiger partial charge < -0.3 is 20.4 Å². The Hall–Kier alpha value is -1.60. The number of phenolic OH excluding ortho intramolecular Hbond substituents is 1. The van der Waals surface area contributed by atoms with Crippen molar-refractivity contribution in [1.29, 1.82) is 0 Å². The van der Waals surface area contributed by atoms with Gasteiger partial charge >= 0.3 is 0 Å². The molecule has 0 amide bonds. The molecule has 0 aliphatic rings. The zero-order valence-corrected chi connectivity index (χ0v) is 17.3. The molecule has 0 saturated carbocycles. The van der Waals surface area contributed by atoms with Gasteiger partial charge in [0.15, 0.2) is 0 Å². The minimum Gasteiger partial charge on any atom is -0.507 e. The third kappa shape index (κ3) is 6.50. The zero-order valence-electron chi connectivity index (χ0n) is 15.7. The summed E-state index contributed by atoms with van der Waals surface area (Å²) in [7, 11) is 0.731. The molecule has 0 spiro atoms. The van der Waals surface area contributed by atoms with Gasteiger partial charge in [0.25, 0.3) is 0 Å². The molecular weight excluding hydrogens is 384 g/mol. The summed E-state index contributed by atoms with van der Waals surface area (Å²) >= 11 is 6.20. The number of nitrogens with one attached hydrogen (secondary N) is 1. The van der Waals surface area contributed by atoms with Gasteiger partial charge in [0, 0.05) is 26.4 Å². The first kappa shape index (κ1) is 21.7. The number of phenols is 1. The number of aliphatic hydroxyl groups is 1. The Labute approximate surface area is 168 Å². The third-order valence-corrected chi connectivity index (χ3v) is 5.64. The van der Waals surface area contributed by atoms with Crippen molar-refractivity contribution >= 4 is 28.1 Å². The number of nitrogens with zero attached hydrogens (tertiary/aromatic N) is 1. The number of para-hydroxylation sites is 1. The first-order chi connectivity index (χ1) is 12.9. The molecule has 0 fully saturated rings. The molecule has 0 saturated heterocycles. The Bertz CT molecular complexity index is 773. The predicted molar refractivity (Wildman–Crippen MR) is 112 cm³/mol. The number of halogens is 1. The van der Waals surface area contributed by atoms with Crippen LogP contribution < -0.4 is 10.2 Å². The lowest BCUT2D eigenvalue weighted by atomic mass is 10.1. The Morgan fingerprint density at radius 3 is 2.67 bits per heavy atom. The quantitative estimate of drug-likeness (QED) is 0.524. The molecule has 148 valence electrons. The van der Waals surface area contributed by atoms with E-state index >= 15 is 0 Å². The van der Waals surface area contributed by atoms with E-state index in [-0.39, 0.29) is 5.75 Å². The highest BCUT2D eigenvalue weighted by Crippen LogP contribution is 2.25. The lowest BCUT2D eigenvalue weighted by molar-refractivity contribution is 0.174. The third-order valence-electron chi connectivity index (χ3n) is 4.38. The second-order valence-electron chi connectivity index (χ2n) is 6.48. The van der Waals surface area contributed by atoms with E-state index in [1.54, 1.807) is 12.1 Å². The van der Waals surface area contributed by atoms with Crippen LogP contribution in [0.2, 0.25) is 5.02 Å². The van der Waals surface area contributed by atoms with Gasteiger partial charge in [-0.1, -0.05) is 29.8 Å². The molecule has 2 aromatic carbocycles. The standard InChI is InChI=1S/C20H27ClN2O3S/c1-23(17-8-4-3-7-16(17)21)12-6-5-11-22-14-19(25)15-9-10-18(24)20(13-15)27(2)26/h3-4,7-10,13,19,22,24-25H,5-6,11-12,14H2,1-2H3. The molecule has 2 atom stereocenters. The summed E-state index contributed by atoms with van der Waals surface area (Å²) in [4.78, 5) is 2.48. The van der Waals surface area contributed by atoms with Crippen molar-refractivity contribution in [1.82, 2.24) is 5.32 Å². The molecule has 0 heterocycles. The highest BCUT2D eigenvalue weighted by molar-refractivity contribution is 7.84. The minimum absolute atomic E-state index is 0.0117. The van der Waals surface area contributed by atoms with Crippen molar-refractivity contribution in [3.63, 3.8) is 0 Å². The van der Waals surface area contributed by atoms with Crippen molar-refractivity contribution in [2.45, 2.75) is 23.8 Å². The second-order valence-corrected chi connectivity index (χ2v) is 8.24.